The van der Waals surface area contributed by atoms with E-state index in [1.165, 1.54) is 19.3 Å². The number of aryl methyl sites for hydroxylation is 1. The summed E-state index contributed by atoms with van der Waals surface area (Å²) in [5.74, 6) is 1.53. The van der Waals surface area contributed by atoms with E-state index in [-0.39, 0.29) is 6.04 Å². The number of aromatic nitrogens is 2. The summed E-state index contributed by atoms with van der Waals surface area (Å²) < 4.78 is 2.29. The minimum atomic E-state index is 0.232. The lowest BCUT2D eigenvalue weighted by molar-refractivity contribution is 0.467. The Morgan fingerprint density at radius 1 is 1.30 bits per heavy atom. The predicted molar refractivity (Wildman–Crippen MR) is 84.2 cm³/mol. The van der Waals surface area contributed by atoms with Gasteiger partial charge in [0.15, 0.2) is 0 Å². The quantitative estimate of drug-likeness (QED) is 0.847. The van der Waals surface area contributed by atoms with Crippen molar-refractivity contribution in [3.05, 3.63) is 29.0 Å². The Balaban J connectivity index is 2.09. The molecule has 2 atom stereocenters. The van der Waals surface area contributed by atoms with Gasteiger partial charge in [0.1, 0.15) is 5.82 Å². The first-order chi connectivity index (χ1) is 9.70. The third-order valence-electron chi connectivity index (χ3n) is 4.46. The molecule has 0 radical (unpaired) electrons. The maximum absolute atomic E-state index is 6.41. The number of fused-ring (bicyclic) bond motifs is 1. The van der Waals surface area contributed by atoms with E-state index >= 15 is 0 Å². The molecule has 2 N–H and O–H groups in total. The molecule has 1 heterocycles. The Hall–Kier alpha value is -1.06. The van der Waals surface area contributed by atoms with Crippen molar-refractivity contribution in [3.63, 3.8) is 0 Å². The van der Waals surface area contributed by atoms with Crippen LogP contribution in [-0.2, 0) is 6.54 Å². The average molecular weight is 292 g/mol. The van der Waals surface area contributed by atoms with Crippen molar-refractivity contribution in [2.75, 3.05) is 0 Å². The molecule has 3 rings (SSSR count). The number of halogens is 1. The highest BCUT2D eigenvalue weighted by molar-refractivity contribution is 6.31. The van der Waals surface area contributed by atoms with Crippen LogP contribution in [0.5, 0.6) is 0 Å². The summed E-state index contributed by atoms with van der Waals surface area (Å²) >= 11 is 6.13. The van der Waals surface area contributed by atoms with Crippen molar-refractivity contribution in [1.29, 1.82) is 0 Å². The molecular formula is C16H22ClN3. The molecule has 2 aromatic rings. The van der Waals surface area contributed by atoms with Crippen LogP contribution >= 0.6 is 11.6 Å². The molecule has 2 unspecified atom stereocenters. The van der Waals surface area contributed by atoms with Gasteiger partial charge in [-0.2, -0.15) is 0 Å². The van der Waals surface area contributed by atoms with Gasteiger partial charge >= 0.3 is 0 Å². The third kappa shape index (κ3) is 2.45. The standard InChI is InChI=1S/C16H22ClN3/c1-2-20-15-10-11(17)8-9-14(15)19-16(20)12-6-4-3-5-7-13(12)18/h8-10,12-13H,2-7,18H2,1H3. The molecule has 0 amide bonds. The lowest BCUT2D eigenvalue weighted by atomic mass is 9.94. The van der Waals surface area contributed by atoms with Crippen LogP contribution in [0.2, 0.25) is 5.02 Å². The van der Waals surface area contributed by atoms with Gasteiger partial charge in [-0.3, -0.25) is 0 Å². The predicted octanol–water partition coefficient (Wildman–Crippen LogP) is 4.08. The van der Waals surface area contributed by atoms with Crippen molar-refractivity contribution in [2.24, 2.45) is 5.73 Å². The molecule has 1 aromatic carbocycles. The van der Waals surface area contributed by atoms with Gasteiger partial charge < -0.3 is 10.3 Å². The summed E-state index contributed by atoms with van der Waals surface area (Å²) in [6.07, 6.45) is 6.06. The zero-order valence-electron chi connectivity index (χ0n) is 12.0. The van der Waals surface area contributed by atoms with Gasteiger partial charge in [-0.15, -0.1) is 0 Å². The monoisotopic (exact) mass is 291 g/mol. The molecule has 108 valence electrons. The van der Waals surface area contributed by atoms with Crippen molar-refractivity contribution < 1.29 is 0 Å². The van der Waals surface area contributed by atoms with Gasteiger partial charge in [-0.05, 0) is 38.0 Å². The molecule has 1 fully saturated rings. The number of hydrogen-bond acceptors (Lipinski definition) is 2. The van der Waals surface area contributed by atoms with Gasteiger partial charge in [0.2, 0.25) is 0 Å². The summed E-state index contributed by atoms with van der Waals surface area (Å²) in [6, 6.07) is 6.16. The largest absolute Gasteiger partial charge is 0.328 e. The van der Waals surface area contributed by atoms with Crippen LogP contribution in [0.3, 0.4) is 0 Å². The van der Waals surface area contributed by atoms with Gasteiger partial charge in [0, 0.05) is 23.5 Å². The Morgan fingerprint density at radius 3 is 2.90 bits per heavy atom. The lowest BCUT2D eigenvalue weighted by Crippen LogP contribution is -2.29. The molecule has 0 saturated heterocycles. The van der Waals surface area contributed by atoms with Gasteiger partial charge in [-0.25, -0.2) is 4.98 Å². The summed E-state index contributed by atoms with van der Waals surface area (Å²) in [7, 11) is 0. The van der Waals surface area contributed by atoms with E-state index in [1.807, 2.05) is 18.2 Å². The van der Waals surface area contributed by atoms with E-state index in [0.717, 1.165) is 41.3 Å². The summed E-state index contributed by atoms with van der Waals surface area (Å²) in [4.78, 5) is 4.86. The molecule has 1 saturated carbocycles. The van der Waals surface area contributed by atoms with Crippen LogP contribution in [0, 0.1) is 0 Å². The average Bonchev–Trinajstić information content (AvgIpc) is 2.65. The number of benzene rings is 1. The summed E-state index contributed by atoms with van der Waals surface area (Å²) in [5.41, 5.74) is 8.57. The fourth-order valence-corrected chi connectivity index (χ4v) is 3.55. The first kappa shape index (κ1) is 13.9. The smallest absolute Gasteiger partial charge is 0.114 e. The highest BCUT2D eigenvalue weighted by atomic mass is 35.5. The van der Waals surface area contributed by atoms with E-state index < -0.39 is 0 Å². The van der Waals surface area contributed by atoms with E-state index in [0.29, 0.717) is 5.92 Å². The fourth-order valence-electron chi connectivity index (χ4n) is 3.39. The lowest BCUT2D eigenvalue weighted by Gasteiger charge is -2.21. The number of imidazole rings is 1. The Kier molecular flexibility index (Phi) is 3.99. The van der Waals surface area contributed by atoms with Crippen LogP contribution in [0.4, 0.5) is 0 Å². The van der Waals surface area contributed by atoms with Crippen LogP contribution in [0.15, 0.2) is 18.2 Å². The molecule has 4 heteroatoms. The summed E-state index contributed by atoms with van der Waals surface area (Å²) in [5, 5.41) is 0.767. The second-order valence-corrected chi connectivity index (χ2v) is 6.19. The van der Waals surface area contributed by atoms with E-state index in [9.17, 15) is 0 Å². The molecule has 20 heavy (non-hydrogen) atoms. The SMILES string of the molecule is CCn1c(C2CCCCCC2N)nc2ccc(Cl)cc21. The van der Waals surface area contributed by atoms with Gasteiger partial charge in [-0.1, -0.05) is 30.9 Å². The maximum atomic E-state index is 6.41. The van der Waals surface area contributed by atoms with Crippen LogP contribution in [-0.4, -0.2) is 15.6 Å². The molecule has 1 aliphatic carbocycles. The molecule has 1 aromatic heterocycles. The highest BCUT2D eigenvalue weighted by Gasteiger charge is 2.26. The van der Waals surface area contributed by atoms with Crippen LogP contribution in [0.1, 0.15) is 50.8 Å². The van der Waals surface area contributed by atoms with Crippen molar-refractivity contribution in [2.45, 2.75) is 57.5 Å². The minimum Gasteiger partial charge on any atom is -0.328 e. The minimum absolute atomic E-state index is 0.232. The van der Waals surface area contributed by atoms with Crippen molar-refractivity contribution in [1.82, 2.24) is 9.55 Å². The Bertz CT molecular complexity index is 605. The second kappa shape index (κ2) is 5.74. The Morgan fingerprint density at radius 2 is 2.10 bits per heavy atom. The van der Waals surface area contributed by atoms with Crippen molar-refractivity contribution in [3.8, 4) is 0 Å². The van der Waals surface area contributed by atoms with Crippen molar-refractivity contribution >= 4 is 22.6 Å². The zero-order chi connectivity index (χ0) is 14.1. The van der Waals surface area contributed by atoms with E-state index in [4.69, 9.17) is 22.3 Å². The molecule has 1 aliphatic rings. The first-order valence-corrected chi connectivity index (χ1v) is 7.99. The van der Waals surface area contributed by atoms with Gasteiger partial charge in [0.05, 0.1) is 11.0 Å². The molecule has 0 spiro atoms. The third-order valence-corrected chi connectivity index (χ3v) is 4.69. The maximum Gasteiger partial charge on any atom is 0.114 e. The fraction of sp³-hybridized carbons (Fsp3) is 0.562. The van der Waals surface area contributed by atoms with E-state index in [2.05, 4.69) is 11.5 Å². The van der Waals surface area contributed by atoms with Gasteiger partial charge in [0.25, 0.3) is 0 Å². The Labute approximate surface area is 125 Å². The molecule has 0 aliphatic heterocycles. The first-order valence-electron chi connectivity index (χ1n) is 7.62. The number of rotatable bonds is 2. The highest BCUT2D eigenvalue weighted by Crippen LogP contribution is 2.33. The second-order valence-electron chi connectivity index (χ2n) is 5.76. The number of nitrogens with two attached hydrogens (primary N) is 1. The summed E-state index contributed by atoms with van der Waals surface area (Å²) in [6.45, 7) is 3.07. The van der Waals surface area contributed by atoms with Crippen LogP contribution in [0.25, 0.3) is 11.0 Å². The topological polar surface area (TPSA) is 43.8 Å². The molecular weight excluding hydrogens is 270 g/mol. The normalized spacial score (nSPS) is 23.9. The zero-order valence-corrected chi connectivity index (χ0v) is 12.7. The number of nitrogens with zero attached hydrogens (tertiary/aromatic N) is 2. The molecule has 3 nitrogen and oxygen atoms in total. The van der Waals surface area contributed by atoms with E-state index in [1.54, 1.807) is 0 Å². The van der Waals surface area contributed by atoms with Crippen LogP contribution < -0.4 is 5.73 Å². The number of hydrogen-bond donors (Lipinski definition) is 1. The molecule has 0 bridgehead atoms.